The maximum atomic E-state index is 12.9. The molecule has 1 aromatic carbocycles. The summed E-state index contributed by atoms with van der Waals surface area (Å²) in [4.78, 5) is 11.5. The van der Waals surface area contributed by atoms with E-state index in [-0.39, 0.29) is 5.56 Å². The molecule has 0 spiro atoms. The van der Waals surface area contributed by atoms with Gasteiger partial charge in [0.25, 0.3) is 0 Å². The van der Waals surface area contributed by atoms with Crippen molar-refractivity contribution < 1.29 is 14.3 Å². The molecule has 1 N–H and O–H groups in total. The number of carboxylic acid groups (broad SMARTS) is 1. The lowest BCUT2D eigenvalue weighted by Gasteiger charge is -2.09. The summed E-state index contributed by atoms with van der Waals surface area (Å²) in [5.41, 5.74) is 0.0494. The van der Waals surface area contributed by atoms with Crippen molar-refractivity contribution in [3.8, 4) is 0 Å². The highest BCUT2D eigenvalue weighted by atomic mass is 32.2. The number of rotatable bonds is 5. The number of carboxylic acids is 1. The fraction of sp³-hybridized carbons (Fsp3) is 0.417. The molecule has 0 saturated carbocycles. The molecule has 0 bridgehead atoms. The maximum absolute atomic E-state index is 12.9. The number of aromatic carboxylic acids is 1. The summed E-state index contributed by atoms with van der Waals surface area (Å²) in [6.45, 7) is 4.20. The Morgan fingerprint density at radius 3 is 2.81 bits per heavy atom. The Morgan fingerprint density at radius 1 is 1.56 bits per heavy atom. The Hall–Kier alpha value is -1.03. The quantitative estimate of drug-likeness (QED) is 0.800. The van der Waals surface area contributed by atoms with Gasteiger partial charge < -0.3 is 5.11 Å². The normalized spacial score (nSPS) is 12.4. The van der Waals surface area contributed by atoms with Gasteiger partial charge in [0.1, 0.15) is 5.82 Å². The fourth-order valence-electron chi connectivity index (χ4n) is 1.15. The van der Waals surface area contributed by atoms with Crippen molar-refractivity contribution in [2.45, 2.75) is 25.2 Å². The summed E-state index contributed by atoms with van der Waals surface area (Å²) in [6.07, 6.45) is 1.05. The van der Waals surface area contributed by atoms with Crippen LogP contribution in [0.15, 0.2) is 23.1 Å². The van der Waals surface area contributed by atoms with Gasteiger partial charge in [-0.25, -0.2) is 9.18 Å². The summed E-state index contributed by atoms with van der Waals surface area (Å²) in [6, 6.07) is 3.90. The predicted octanol–water partition coefficient (Wildman–Crippen LogP) is 3.66. The van der Waals surface area contributed by atoms with Crippen LogP contribution < -0.4 is 0 Å². The van der Waals surface area contributed by atoms with Gasteiger partial charge in [-0.05, 0) is 24.1 Å². The highest BCUT2D eigenvalue weighted by molar-refractivity contribution is 7.99. The first-order chi connectivity index (χ1) is 7.54. The van der Waals surface area contributed by atoms with Crippen LogP contribution in [0.3, 0.4) is 0 Å². The first-order valence-corrected chi connectivity index (χ1v) is 6.18. The zero-order valence-electron chi connectivity index (χ0n) is 9.37. The van der Waals surface area contributed by atoms with E-state index < -0.39 is 11.8 Å². The van der Waals surface area contributed by atoms with Crippen LogP contribution in [0.2, 0.25) is 0 Å². The van der Waals surface area contributed by atoms with E-state index >= 15 is 0 Å². The van der Waals surface area contributed by atoms with Crippen LogP contribution >= 0.6 is 11.8 Å². The topological polar surface area (TPSA) is 37.3 Å². The number of thioether (sulfide) groups is 1. The number of benzene rings is 1. The molecule has 0 amide bonds. The molecule has 0 aromatic heterocycles. The van der Waals surface area contributed by atoms with E-state index in [4.69, 9.17) is 5.11 Å². The van der Waals surface area contributed by atoms with Crippen LogP contribution in [0.4, 0.5) is 4.39 Å². The second-order valence-electron chi connectivity index (χ2n) is 3.77. The Bertz CT molecular complexity index is 379. The van der Waals surface area contributed by atoms with E-state index in [1.807, 2.05) is 0 Å². The number of hydrogen-bond acceptors (Lipinski definition) is 2. The Morgan fingerprint density at radius 2 is 2.25 bits per heavy atom. The minimum atomic E-state index is -1.08. The summed E-state index contributed by atoms with van der Waals surface area (Å²) < 4.78 is 12.9. The zero-order chi connectivity index (χ0) is 12.1. The van der Waals surface area contributed by atoms with Crippen molar-refractivity contribution in [3.05, 3.63) is 29.6 Å². The minimum Gasteiger partial charge on any atom is -0.478 e. The molecule has 16 heavy (non-hydrogen) atoms. The fourth-order valence-corrected chi connectivity index (χ4v) is 2.31. The first-order valence-electron chi connectivity index (χ1n) is 5.20. The van der Waals surface area contributed by atoms with E-state index in [2.05, 4.69) is 13.8 Å². The standard InChI is InChI=1S/C12H15FO2S/c1-3-8(2)7-16-11-5-4-9(13)6-10(11)12(14)15/h4-6,8H,3,7H2,1-2H3,(H,14,15). The molecule has 0 heterocycles. The molecule has 1 unspecified atom stereocenters. The third kappa shape index (κ3) is 3.52. The highest BCUT2D eigenvalue weighted by Gasteiger charge is 2.12. The molecule has 88 valence electrons. The molecule has 2 nitrogen and oxygen atoms in total. The van der Waals surface area contributed by atoms with Crippen LogP contribution in [-0.2, 0) is 0 Å². The summed E-state index contributed by atoms with van der Waals surface area (Å²) in [7, 11) is 0. The van der Waals surface area contributed by atoms with Gasteiger partial charge in [0.15, 0.2) is 0 Å². The molecule has 4 heteroatoms. The highest BCUT2D eigenvalue weighted by Crippen LogP contribution is 2.26. The molecule has 0 aliphatic heterocycles. The monoisotopic (exact) mass is 242 g/mol. The Labute approximate surface area is 98.9 Å². The van der Waals surface area contributed by atoms with Crippen LogP contribution in [0.25, 0.3) is 0 Å². The van der Waals surface area contributed by atoms with Crippen molar-refractivity contribution in [1.29, 1.82) is 0 Å². The molecule has 0 saturated heterocycles. The molecule has 1 rings (SSSR count). The van der Waals surface area contributed by atoms with Crippen molar-refractivity contribution in [2.24, 2.45) is 5.92 Å². The Balaban J connectivity index is 2.82. The summed E-state index contributed by atoms with van der Waals surface area (Å²) >= 11 is 1.47. The summed E-state index contributed by atoms with van der Waals surface area (Å²) in [5.74, 6) is -0.212. The van der Waals surface area contributed by atoms with Gasteiger partial charge in [-0.1, -0.05) is 20.3 Å². The van der Waals surface area contributed by atoms with Gasteiger partial charge in [-0.2, -0.15) is 0 Å². The van der Waals surface area contributed by atoms with Gasteiger partial charge in [0, 0.05) is 10.6 Å². The smallest absolute Gasteiger partial charge is 0.336 e. The molecular formula is C12H15FO2S. The average Bonchev–Trinajstić information content (AvgIpc) is 2.26. The van der Waals surface area contributed by atoms with Crippen LogP contribution in [-0.4, -0.2) is 16.8 Å². The van der Waals surface area contributed by atoms with Gasteiger partial charge in [0.05, 0.1) is 5.56 Å². The largest absolute Gasteiger partial charge is 0.478 e. The predicted molar refractivity (Wildman–Crippen MR) is 63.5 cm³/mol. The lowest BCUT2D eigenvalue weighted by Crippen LogP contribution is -2.02. The second-order valence-corrected chi connectivity index (χ2v) is 4.83. The molecule has 1 aromatic rings. The number of carbonyl (C=O) groups is 1. The molecular weight excluding hydrogens is 227 g/mol. The van der Waals surface area contributed by atoms with Gasteiger partial charge in [0.2, 0.25) is 0 Å². The molecule has 0 radical (unpaired) electrons. The van der Waals surface area contributed by atoms with Crippen LogP contribution in [0.5, 0.6) is 0 Å². The molecule has 0 aliphatic carbocycles. The number of halogens is 1. The zero-order valence-corrected chi connectivity index (χ0v) is 10.2. The number of hydrogen-bond donors (Lipinski definition) is 1. The molecule has 0 fully saturated rings. The summed E-state index contributed by atoms with van der Waals surface area (Å²) in [5, 5.41) is 8.93. The van der Waals surface area contributed by atoms with Crippen LogP contribution in [0, 0.1) is 11.7 Å². The average molecular weight is 242 g/mol. The molecule has 1 atom stereocenters. The van der Waals surface area contributed by atoms with E-state index in [0.717, 1.165) is 18.2 Å². The first kappa shape index (κ1) is 13.0. The van der Waals surface area contributed by atoms with E-state index in [1.54, 1.807) is 0 Å². The lowest BCUT2D eigenvalue weighted by molar-refractivity contribution is 0.0692. The molecule has 0 aliphatic rings. The van der Waals surface area contributed by atoms with Crippen molar-refractivity contribution in [2.75, 3.05) is 5.75 Å². The van der Waals surface area contributed by atoms with Crippen molar-refractivity contribution >= 4 is 17.7 Å². The van der Waals surface area contributed by atoms with E-state index in [9.17, 15) is 9.18 Å². The van der Waals surface area contributed by atoms with Gasteiger partial charge >= 0.3 is 5.97 Å². The van der Waals surface area contributed by atoms with E-state index in [1.165, 1.54) is 23.9 Å². The minimum absolute atomic E-state index is 0.0494. The van der Waals surface area contributed by atoms with Crippen molar-refractivity contribution in [3.63, 3.8) is 0 Å². The van der Waals surface area contributed by atoms with Crippen LogP contribution in [0.1, 0.15) is 30.6 Å². The van der Waals surface area contributed by atoms with Crippen molar-refractivity contribution in [1.82, 2.24) is 0 Å². The maximum Gasteiger partial charge on any atom is 0.336 e. The van der Waals surface area contributed by atoms with Gasteiger partial charge in [-0.15, -0.1) is 11.8 Å². The Kier molecular flexibility index (Phi) is 4.80. The lowest BCUT2D eigenvalue weighted by atomic mass is 10.2. The van der Waals surface area contributed by atoms with Gasteiger partial charge in [-0.3, -0.25) is 0 Å². The third-order valence-corrected chi connectivity index (χ3v) is 3.79. The third-order valence-electron chi connectivity index (χ3n) is 2.39. The van der Waals surface area contributed by atoms with E-state index in [0.29, 0.717) is 10.8 Å². The second kappa shape index (κ2) is 5.89. The SMILES string of the molecule is CCC(C)CSc1ccc(F)cc1C(=O)O.